The summed E-state index contributed by atoms with van der Waals surface area (Å²) in [6.07, 6.45) is 0. The molecule has 2 aromatic rings. The number of carbonyl (C=O) groups excluding carboxylic acids is 2. The number of imide groups is 1. The zero-order chi connectivity index (χ0) is 10.0. The molecule has 1 aliphatic heterocycles. The van der Waals surface area contributed by atoms with E-state index in [1.807, 2.05) is 13.8 Å². The van der Waals surface area contributed by atoms with Crippen molar-refractivity contribution in [1.82, 2.24) is 5.32 Å². The first-order chi connectivity index (χ1) is 6.61. The number of amides is 2. The Bertz CT molecular complexity index is 530. The Balaban J connectivity index is 2.53. The van der Waals surface area contributed by atoms with Gasteiger partial charge in [-0.3, -0.25) is 14.9 Å². The second kappa shape index (κ2) is 1.97. The lowest BCUT2D eigenvalue weighted by Gasteiger charge is -1.94. The van der Waals surface area contributed by atoms with Crippen molar-refractivity contribution in [3.63, 3.8) is 0 Å². The van der Waals surface area contributed by atoms with Crippen molar-refractivity contribution < 1.29 is 14.0 Å². The molecule has 4 nitrogen and oxygen atoms in total. The highest BCUT2D eigenvalue weighted by molar-refractivity contribution is 6.28. The van der Waals surface area contributed by atoms with Gasteiger partial charge in [-0.05, 0) is 25.0 Å². The van der Waals surface area contributed by atoms with Crippen LogP contribution in [0.1, 0.15) is 31.8 Å². The lowest BCUT2D eigenvalue weighted by atomic mass is 10.0. The van der Waals surface area contributed by atoms with Crippen molar-refractivity contribution in [3.05, 3.63) is 22.3 Å². The SMILES string of the molecule is Cc1c(C)c2oc1c1c2C(=O)NC1=O. The topological polar surface area (TPSA) is 59.3 Å². The number of hydrogen-bond donors (Lipinski definition) is 1. The molecule has 2 bridgehead atoms. The normalized spacial score (nSPS) is 15.3. The summed E-state index contributed by atoms with van der Waals surface area (Å²) in [7, 11) is 0. The maximum atomic E-state index is 11.4. The molecule has 0 atom stereocenters. The summed E-state index contributed by atoms with van der Waals surface area (Å²) in [4.78, 5) is 22.8. The molecule has 0 aliphatic carbocycles. The van der Waals surface area contributed by atoms with Crippen molar-refractivity contribution in [2.75, 3.05) is 0 Å². The minimum atomic E-state index is -0.346. The largest absolute Gasteiger partial charge is 0.455 e. The fourth-order valence-electron chi connectivity index (χ4n) is 1.96. The van der Waals surface area contributed by atoms with Gasteiger partial charge in [0, 0.05) is 0 Å². The maximum absolute atomic E-state index is 11.4. The van der Waals surface area contributed by atoms with Gasteiger partial charge in [0.15, 0.2) is 0 Å². The summed E-state index contributed by atoms with van der Waals surface area (Å²) >= 11 is 0. The lowest BCUT2D eigenvalue weighted by Crippen LogP contribution is -2.20. The minimum absolute atomic E-state index is 0.346. The molecule has 1 N–H and O–H groups in total. The van der Waals surface area contributed by atoms with Crippen LogP contribution in [0.4, 0.5) is 0 Å². The Morgan fingerprint density at radius 2 is 1.36 bits per heavy atom. The van der Waals surface area contributed by atoms with E-state index in [-0.39, 0.29) is 11.8 Å². The van der Waals surface area contributed by atoms with Crippen LogP contribution in [0, 0.1) is 13.8 Å². The van der Waals surface area contributed by atoms with Crippen LogP contribution >= 0.6 is 0 Å². The van der Waals surface area contributed by atoms with Crippen molar-refractivity contribution in [2.45, 2.75) is 13.8 Å². The van der Waals surface area contributed by atoms with Crippen molar-refractivity contribution >= 4 is 23.0 Å². The molecule has 70 valence electrons. The van der Waals surface area contributed by atoms with Crippen LogP contribution in [0.25, 0.3) is 11.2 Å². The van der Waals surface area contributed by atoms with E-state index in [0.717, 1.165) is 11.1 Å². The quantitative estimate of drug-likeness (QED) is 0.637. The third-order valence-corrected chi connectivity index (χ3v) is 2.83. The number of aryl methyl sites for hydroxylation is 2. The first-order valence-corrected chi connectivity index (χ1v) is 4.32. The highest BCUT2D eigenvalue weighted by atomic mass is 16.3. The average Bonchev–Trinajstić information content (AvgIpc) is 2.71. The average molecular weight is 189 g/mol. The van der Waals surface area contributed by atoms with E-state index in [1.54, 1.807) is 0 Å². The highest BCUT2D eigenvalue weighted by Gasteiger charge is 2.37. The van der Waals surface area contributed by atoms with Crippen LogP contribution < -0.4 is 5.32 Å². The zero-order valence-corrected chi connectivity index (χ0v) is 7.72. The van der Waals surface area contributed by atoms with Gasteiger partial charge >= 0.3 is 0 Å². The number of furan rings is 2. The Labute approximate surface area is 79.2 Å². The first kappa shape index (κ1) is 7.55. The molecule has 0 spiro atoms. The van der Waals surface area contributed by atoms with E-state index in [1.165, 1.54) is 0 Å². The Hall–Kier alpha value is -1.84. The molecule has 3 heterocycles. The summed E-state index contributed by atoms with van der Waals surface area (Å²) in [5.74, 6) is -0.691. The highest BCUT2D eigenvalue weighted by Crippen LogP contribution is 2.37. The third kappa shape index (κ3) is 0.585. The Morgan fingerprint density at radius 1 is 0.929 bits per heavy atom. The Kier molecular flexibility index (Phi) is 1.06. The second-order valence-electron chi connectivity index (χ2n) is 3.54. The van der Waals surface area contributed by atoms with Gasteiger partial charge in [-0.1, -0.05) is 0 Å². The predicted octanol–water partition coefficient (Wildman–Crippen LogP) is 1.37. The molecule has 2 amide bonds. The Morgan fingerprint density at radius 3 is 1.79 bits per heavy atom. The molecule has 0 radical (unpaired) electrons. The fourth-order valence-corrected chi connectivity index (χ4v) is 1.96. The summed E-state index contributed by atoms with van der Waals surface area (Å²) in [6, 6.07) is 0. The van der Waals surface area contributed by atoms with Crippen LogP contribution in [0.3, 0.4) is 0 Å². The maximum Gasteiger partial charge on any atom is 0.262 e. The van der Waals surface area contributed by atoms with E-state index in [0.29, 0.717) is 22.3 Å². The summed E-state index contributed by atoms with van der Waals surface area (Å²) in [6.45, 7) is 3.77. The number of nitrogens with one attached hydrogen (secondary N) is 1. The molecular weight excluding hydrogens is 182 g/mol. The molecule has 2 aromatic heterocycles. The summed E-state index contributed by atoms with van der Waals surface area (Å²) < 4.78 is 5.41. The van der Waals surface area contributed by atoms with Gasteiger partial charge in [0.1, 0.15) is 11.2 Å². The number of rotatable bonds is 0. The van der Waals surface area contributed by atoms with Crippen molar-refractivity contribution in [3.8, 4) is 0 Å². The molecule has 14 heavy (non-hydrogen) atoms. The molecule has 0 fully saturated rings. The number of hydrogen-bond acceptors (Lipinski definition) is 3. The molecule has 3 rings (SSSR count). The fraction of sp³-hybridized carbons (Fsp3) is 0.200. The molecule has 0 aromatic carbocycles. The van der Waals surface area contributed by atoms with Gasteiger partial charge in [-0.25, -0.2) is 0 Å². The summed E-state index contributed by atoms with van der Waals surface area (Å²) in [5, 5.41) is 2.26. The van der Waals surface area contributed by atoms with E-state index in [4.69, 9.17) is 4.42 Å². The third-order valence-electron chi connectivity index (χ3n) is 2.83. The van der Waals surface area contributed by atoms with E-state index < -0.39 is 0 Å². The van der Waals surface area contributed by atoms with E-state index in [9.17, 15) is 9.59 Å². The molecule has 0 saturated carbocycles. The summed E-state index contributed by atoms with van der Waals surface area (Å²) in [5.41, 5.74) is 3.82. The minimum Gasteiger partial charge on any atom is -0.455 e. The molecule has 1 aliphatic rings. The van der Waals surface area contributed by atoms with Gasteiger partial charge in [0.25, 0.3) is 11.8 Å². The first-order valence-electron chi connectivity index (χ1n) is 4.32. The van der Waals surface area contributed by atoms with E-state index in [2.05, 4.69) is 5.32 Å². The predicted molar refractivity (Wildman–Crippen MR) is 48.7 cm³/mol. The van der Waals surface area contributed by atoms with Gasteiger partial charge in [0.05, 0.1) is 11.1 Å². The van der Waals surface area contributed by atoms with Crippen LogP contribution in [0.2, 0.25) is 0 Å². The molecular formula is C10H7NO3. The van der Waals surface area contributed by atoms with E-state index >= 15 is 0 Å². The number of fused-ring (bicyclic) bond motifs is 5. The van der Waals surface area contributed by atoms with Gasteiger partial charge < -0.3 is 4.42 Å². The molecule has 4 heteroatoms. The van der Waals surface area contributed by atoms with Gasteiger partial charge in [-0.2, -0.15) is 0 Å². The lowest BCUT2D eigenvalue weighted by molar-refractivity contribution is 0.0879. The van der Waals surface area contributed by atoms with Gasteiger partial charge in [-0.15, -0.1) is 0 Å². The second-order valence-corrected chi connectivity index (χ2v) is 3.54. The van der Waals surface area contributed by atoms with Crippen LogP contribution in [-0.2, 0) is 0 Å². The smallest absolute Gasteiger partial charge is 0.262 e. The molecule has 0 saturated heterocycles. The number of benzene rings is 1. The zero-order valence-electron chi connectivity index (χ0n) is 7.72. The number of carbonyl (C=O) groups is 2. The molecule has 0 unspecified atom stereocenters. The standard InChI is InChI=1S/C10H7NO3/c1-3-4(2)8-6-5(7(3)14-8)9(12)11-10(6)13/h1-2H3,(H,11,12,13). The van der Waals surface area contributed by atoms with Crippen molar-refractivity contribution in [1.29, 1.82) is 0 Å². The van der Waals surface area contributed by atoms with Crippen LogP contribution in [-0.4, -0.2) is 11.8 Å². The van der Waals surface area contributed by atoms with Gasteiger partial charge in [0.2, 0.25) is 0 Å². The monoisotopic (exact) mass is 189 g/mol. The van der Waals surface area contributed by atoms with Crippen LogP contribution in [0.15, 0.2) is 4.42 Å². The van der Waals surface area contributed by atoms with Crippen molar-refractivity contribution in [2.24, 2.45) is 0 Å². The van der Waals surface area contributed by atoms with Crippen LogP contribution in [0.5, 0.6) is 0 Å².